The van der Waals surface area contributed by atoms with Crippen LogP contribution in [-0.2, 0) is 4.74 Å². The second-order valence-corrected chi connectivity index (χ2v) is 6.02. The molecule has 0 aliphatic rings. The lowest BCUT2D eigenvalue weighted by atomic mass is 10.0. The Bertz CT molecular complexity index is 1100. The third kappa shape index (κ3) is 3.35. The number of hydrogen-bond acceptors (Lipinski definition) is 4. The number of H-pyrrole nitrogens is 1. The van der Waals surface area contributed by atoms with Gasteiger partial charge in [-0.25, -0.2) is 4.79 Å². The first kappa shape index (κ1) is 16.7. The topological polar surface area (TPSA) is 72.1 Å². The van der Waals surface area contributed by atoms with Crippen molar-refractivity contribution in [3.63, 3.8) is 0 Å². The van der Waals surface area contributed by atoms with Crippen molar-refractivity contribution in [3.8, 4) is 11.3 Å². The molecule has 4 aromatic rings. The molecule has 0 aliphatic carbocycles. The molecule has 0 aliphatic heterocycles. The van der Waals surface area contributed by atoms with Crippen molar-refractivity contribution >= 4 is 22.7 Å². The smallest absolute Gasteiger partial charge is 0.338 e. The molecular weight excluding hydrogens is 340 g/mol. The van der Waals surface area contributed by atoms with Gasteiger partial charge in [-0.3, -0.25) is 9.78 Å². The van der Waals surface area contributed by atoms with Crippen LogP contribution in [0.25, 0.3) is 22.2 Å². The molecule has 0 atom stereocenters. The van der Waals surface area contributed by atoms with Crippen molar-refractivity contribution in [3.05, 3.63) is 90.3 Å². The van der Waals surface area contributed by atoms with Crippen LogP contribution in [0.5, 0.6) is 0 Å². The average Bonchev–Trinajstić information content (AvgIpc) is 3.13. The zero-order valence-corrected chi connectivity index (χ0v) is 14.4. The molecule has 0 fully saturated rings. The van der Waals surface area contributed by atoms with Gasteiger partial charge in [0.25, 0.3) is 0 Å². The molecule has 2 aromatic carbocycles. The molecule has 0 unspecified atom stereocenters. The molecule has 4 rings (SSSR count). The minimum absolute atomic E-state index is 0.256. The quantitative estimate of drug-likeness (QED) is 0.428. The highest BCUT2D eigenvalue weighted by molar-refractivity contribution is 6.14. The molecule has 2 heterocycles. The van der Waals surface area contributed by atoms with Crippen LogP contribution in [0, 0.1) is 0 Å². The molecule has 27 heavy (non-hydrogen) atoms. The first-order chi connectivity index (χ1) is 13.2. The predicted molar refractivity (Wildman–Crippen MR) is 103 cm³/mol. The number of fused-ring (bicyclic) bond motifs is 1. The number of ketones is 1. The predicted octanol–water partition coefficient (Wildman–Crippen LogP) is 4.27. The Balaban J connectivity index is 1.66. The summed E-state index contributed by atoms with van der Waals surface area (Å²) in [6.07, 6.45) is 3.01. The Morgan fingerprint density at radius 3 is 2.37 bits per heavy atom. The summed E-state index contributed by atoms with van der Waals surface area (Å²) in [6, 6.07) is 20.3. The summed E-state index contributed by atoms with van der Waals surface area (Å²) < 4.78 is 5.22. The first-order valence-corrected chi connectivity index (χ1v) is 8.50. The Labute approximate surface area is 155 Å². The van der Waals surface area contributed by atoms with Gasteiger partial charge in [-0.2, -0.15) is 0 Å². The molecule has 0 bridgehead atoms. The number of ether oxygens (including phenoxy) is 1. The van der Waals surface area contributed by atoms with E-state index in [0.29, 0.717) is 11.1 Å². The summed E-state index contributed by atoms with van der Waals surface area (Å²) in [5, 5.41) is 0.807. The number of nitrogens with zero attached hydrogens (tertiary/aromatic N) is 1. The summed E-state index contributed by atoms with van der Waals surface area (Å²) in [6.45, 7) is -0.331. The van der Waals surface area contributed by atoms with Gasteiger partial charge >= 0.3 is 5.97 Å². The molecule has 0 saturated carbocycles. The summed E-state index contributed by atoms with van der Waals surface area (Å²) in [4.78, 5) is 32.2. The van der Waals surface area contributed by atoms with Crippen molar-refractivity contribution in [2.45, 2.75) is 0 Å². The number of carbonyl (C=O) groups excluding carboxylic acids is 2. The first-order valence-electron chi connectivity index (χ1n) is 8.50. The minimum atomic E-state index is -0.549. The number of aromatic amines is 1. The summed E-state index contributed by atoms with van der Waals surface area (Å²) >= 11 is 0. The number of carbonyl (C=O) groups is 2. The van der Waals surface area contributed by atoms with Gasteiger partial charge in [0, 0.05) is 23.3 Å². The van der Waals surface area contributed by atoms with Gasteiger partial charge in [0.15, 0.2) is 6.61 Å². The van der Waals surface area contributed by atoms with E-state index in [2.05, 4.69) is 9.97 Å². The number of para-hydroxylation sites is 1. The largest absolute Gasteiger partial charge is 0.454 e. The Hall–Kier alpha value is -3.73. The molecule has 0 radical (unpaired) electrons. The molecule has 0 amide bonds. The van der Waals surface area contributed by atoms with E-state index in [4.69, 9.17) is 4.74 Å². The van der Waals surface area contributed by atoms with Crippen LogP contribution in [0.4, 0.5) is 0 Å². The SMILES string of the molecule is O=C(OCC(=O)c1c(-c2ccccc2)[nH]c2ccccc12)c1ccncc1. The van der Waals surface area contributed by atoms with Gasteiger partial charge in [0.05, 0.1) is 16.8 Å². The Morgan fingerprint density at radius 1 is 0.889 bits per heavy atom. The maximum atomic E-state index is 12.9. The van der Waals surface area contributed by atoms with Gasteiger partial charge in [-0.15, -0.1) is 0 Å². The lowest BCUT2D eigenvalue weighted by Crippen LogP contribution is -2.14. The second-order valence-electron chi connectivity index (χ2n) is 6.02. The van der Waals surface area contributed by atoms with E-state index in [1.165, 1.54) is 12.4 Å². The molecular formula is C22H16N2O3. The van der Waals surface area contributed by atoms with E-state index in [1.54, 1.807) is 12.1 Å². The summed E-state index contributed by atoms with van der Waals surface area (Å²) in [5.41, 5.74) is 3.37. The van der Waals surface area contributed by atoms with Crippen molar-refractivity contribution in [2.75, 3.05) is 6.61 Å². The third-order valence-corrected chi connectivity index (χ3v) is 4.30. The molecule has 0 saturated heterocycles. The third-order valence-electron chi connectivity index (χ3n) is 4.30. The highest BCUT2D eigenvalue weighted by atomic mass is 16.5. The van der Waals surface area contributed by atoms with Crippen LogP contribution in [0.2, 0.25) is 0 Å². The molecule has 0 spiro atoms. The zero-order chi connectivity index (χ0) is 18.6. The van der Waals surface area contributed by atoms with Gasteiger partial charge in [0.1, 0.15) is 0 Å². The molecule has 5 nitrogen and oxygen atoms in total. The van der Waals surface area contributed by atoms with Crippen LogP contribution in [0.1, 0.15) is 20.7 Å². The van der Waals surface area contributed by atoms with E-state index in [-0.39, 0.29) is 12.4 Å². The van der Waals surface area contributed by atoms with E-state index in [1.807, 2.05) is 54.6 Å². The van der Waals surface area contributed by atoms with Crippen LogP contribution in [0.3, 0.4) is 0 Å². The van der Waals surface area contributed by atoms with E-state index < -0.39 is 5.97 Å². The Kier molecular flexibility index (Phi) is 4.49. The maximum Gasteiger partial charge on any atom is 0.338 e. The Morgan fingerprint density at radius 2 is 1.59 bits per heavy atom. The number of nitrogens with one attached hydrogen (secondary N) is 1. The fourth-order valence-corrected chi connectivity index (χ4v) is 3.03. The van der Waals surface area contributed by atoms with Gasteiger partial charge in [-0.1, -0.05) is 48.5 Å². The average molecular weight is 356 g/mol. The molecule has 1 N–H and O–H groups in total. The van der Waals surface area contributed by atoms with E-state index in [9.17, 15) is 9.59 Å². The van der Waals surface area contributed by atoms with Crippen LogP contribution >= 0.6 is 0 Å². The standard InChI is InChI=1S/C22H16N2O3/c25-19(14-27-22(26)16-10-12-23-13-11-16)20-17-8-4-5-9-18(17)24-21(20)15-6-2-1-3-7-15/h1-13,24H,14H2. The number of aromatic nitrogens is 2. The van der Waals surface area contributed by atoms with Gasteiger partial charge in [0.2, 0.25) is 5.78 Å². The maximum absolute atomic E-state index is 12.9. The highest BCUT2D eigenvalue weighted by Gasteiger charge is 2.21. The number of esters is 1. The van der Waals surface area contributed by atoms with Crippen LogP contribution in [0.15, 0.2) is 79.1 Å². The number of Topliss-reactive ketones (excluding diaryl/α,β-unsaturated/α-hetero) is 1. The second kappa shape index (κ2) is 7.25. The van der Waals surface area contributed by atoms with Crippen molar-refractivity contribution in [2.24, 2.45) is 0 Å². The van der Waals surface area contributed by atoms with E-state index in [0.717, 1.165) is 22.2 Å². The lowest BCUT2D eigenvalue weighted by molar-refractivity contribution is 0.0475. The van der Waals surface area contributed by atoms with Crippen molar-refractivity contribution in [1.82, 2.24) is 9.97 Å². The van der Waals surface area contributed by atoms with Crippen molar-refractivity contribution in [1.29, 1.82) is 0 Å². The molecule has 2 aromatic heterocycles. The highest BCUT2D eigenvalue weighted by Crippen LogP contribution is 2.30. The zero-order valence-electron chi connectivity index (χ0n) is 14.4. The molecule has 5 heteroatoms. The van der Waals surface area contributed by atoms with Crippen LogP contribution in [-0.4, -0.2) is 28.3 Å². The lowest BCUT2D eigenvalue weighted by Gasteiger charge is -2.06. The fourth-order valence-electron chi connectivity index (χ4n) is 3.03. The minimum Gasteiger partial charge on any atom is -0.454 e. The normalized spacial score (nSPS) is 10.7. The summed E-state index contributed by atoms with van der Waals surface area (Å²) in [7, 11) is 0. The number of hydrogen-bond donors (Lipinski definition) is 1. The monoisotopic (exact) mass is 356 g/mol. The van der Waals surface area contributed by atoms with E-state index >= 15 is 0 Å². The number of rotatable bonds is 5. The van der Waals surface area contributed by atoms with Crippen LogP contribution < -0.4 is 0 Å². The number of benzene rings is 2. The van der Waals surface area contributed by atoms with Gasteiger partial charge < -0.3 is 9.72 Å². The summed E-state index contributed by atoms with van der Waals surface area (Å²) in [5.74, 6) is -0.805. The molecule has 132 valence electrons. The fraction of sp³-hybridized carbons (Fsp3) is 0.0455. The van der Waals surface area contributed by atoms with Crippen molar-refractivity contribution < 1.29 is 14.3 Å². The van der Waals surface area contributed by atoms with Gasteiger partial charge in [-0.05, 0) is 23.8 Å². The number of pyridine rings is 1.